The normalized spacial score (nSPS) is 12.0. The molecule has 0 spiro atoms. The smallest absolute Gasteiger partial charge is 0.00313 e. The summed E-state index contributed by atoms with van der Waals surface area (Å²) in [6.07, 6.45) is 23.2. The second-order valence-corrected chi connectivity index (χ2v) is 9.10. The van der Waals surface area contributed by atoms with E-state index in [1.165, 1.54) is 108 Å². The minimum absolute atomic E-state index is 0.536. The van der Waals surface area contributed by atoms with E-state index in [9.17, 15) is 0 Å². The van der Waals surface area contributed by atoms with Gasteiger partial charge in [-0.1, -0.05) is 127 Å². The lowest BCUT2D eigenvalue weighted by atomic mass is 9.89. The molecule has 0 nitrogen and oxygen atoms in total. The van der Waals surface area contributed by atoms with Crippen LogP contribution in [-0.4, -0.2) is 5.33 Å². The molecule has 0 fully saturated rings. The molecule has 0 aromatic rings. The van der Waals surface area contributed by atoms with Gasteiger partial charge in [-0.05, 0) is 18.3 Å². The highest BCUT2D eigenvalue weighted by atomic mass is 79.9. The van der Waals surface area contributed by atoms with E-state index in [0.717, 1.165) is 0 Å². The molecule has 0 N–H and O–H groups in total. The van der Waals surface area contributed by atoms with Crippen LogP contribution >= 0.6 is 15.9 Å². The molecular weight excluding hydrogens is 332 g/mol. The Hall–Kier alpha value is 0.480. The number of hydrogen-bond acceptors (Lipinski definition) is 0. The summed E-state index contributed by atoms with van der Waals surface area (Å²) in [4.78, 5) is 0. The average Bonchev–Trinajstić information content (AvgIpc) is 2.45. The van der Waals surface area contributed by atoms with Gasteiger partial charge in [0.05, 0.1) is 0 Å². The van der Waals surface area contributed by atoms with Gasteiger partial charge in [0.2, 0.25) is 0 Å². The summed E-state index contributed by atoms with van der Waals surface area (Å²) in [5, 5.41) is 1.18. The monoisotopic (exact) mass is 374 g/mol. The molecule has 0 bridgehead atoms. The molecule has 22 heavy (non-hydrogen) atoms. The molecule has 0 aromatic carbocycles. The molecule has 0 saturated carbocycles. The van der Waals surface area contributed by atoms with Crippen LogP contribution in [0.4, 0.5) is 0 Å². The molecule has 0 aliphatic heterocycles. The number of alkyl halides is 1. The summed E-state index contributed by atoms with van der Waals surface area (Å²) in [6, 6.07) is 0. The lowest BCUT2D eigenvalue weighted by molar-refractivity contribution is 0.356. The van der Waals surface area contributed by atoms with E-state index >= 15 is 0 Å². The molecule has 0 heterocycles. The number of unbranched alkanes of at least 4 members (excludes halogenated alkanes) is 14. The van der Waals surface area contributed by atoms with Crippen LogP contribution in [0.5, 0.6) is 0 Å². The summed E-state index contributed by atoms with van der Waals surface area (Å²) in [6.45, 7) is 7.07. The molecule has 1 heteroatoms. The molecule has 0 amide bonds. The minimum Gasteiger partial charge on any atom is -0.0928 e. The zero-order chi connectivity index (χ0) is 16.5. The van der Waals surface area contributed by atoms with Gasteiger partial charge < -0.3 is 0 Å². The van der Waals surface area contributed by atoms with Crippen molar-refractivity contribution in [1.82, 2.24) is 0 Å². The molecular formula is C21H43Br. The Morgan fingerprint density at radius 1 is 0.455 bits per heavy atom. The topological polar surface area (TPSA) is 0 Å². The van der Waals surface area contributed by atoms with Crippen molar-refractivity contribution in [1.29, 1.82) is 0 Å². The molecule has 0 aliphatic rings. The van der Waals surface area contributed by atoms with Gasteiger partial charge in [-0.2, -0.15) is 0 Å². The predicted molar refractivity (Wildman–Crippen MR) is 107 cm³/mol. The van der Waals surface area contributed by atoms with Crippen molar-refractivity contribution in [3.05, 3.63) is 0 Å². The Bertz CT molecular complexity index is 204. The summed E-state index contributed by atoms with van der Waals surface area (Å²) >= 11 is 3.50. The molecule has 0 aromatic heterocycles. The first-order valence-corrected chi connectivity index (χ1v) is 11.2. The van der Waals surface area contributed by atoms with Gasteiger partial charge in [-0.15, -0.1) is 0 Å². The van der Waals surface area contributed by atoms with Crippen molar-refractivity contribution in [3.8, 4) is 0 Å². The molecule has 0 radical (unpaired) electrons. The second-order valence-electron chi connectivity index (χ2n) is 8.30. The standard InChI is InChI=1S/C21H43Br/c1-21(2,3)19-17-15-13-11-9-7-5-4-6-8-10-12-14-16-18-20-22/h4-20H2,1-3H3. The maximum atomic E-state index is 3.50. The third kappa shape index (κ3) is 20.5. The average molecular weight is 375 g/mol. The zero-order valence-electron chi connectivity index (χ0n) is 15.9. The van der Waals surface area contributed by atoms with Crippen molar-refractivity contribution in [3.63, 3.8) is 0 Å². The fourth-order valence-electron chi connectivity index (χ4n) is 3.05. The van der Waals surface area contributed by atoms with Crippen LogP contribution in [-0.2, 0) is 0 Å². The summed E-state index contributed by atoms with van der Waals surface area (Å²) in [5.74, 6) is 0. The van der Waals surface area contributed by atoms with Crippen LogP contribution in [0.1, 0.15) is 124 Å². The van der Waals surface area contributed by atoms with E-state index in [2.05, 4.69) is 36.7 Å². The third-order valence-corrected chi connectivity index (χ3v) is 5.12. The van der Waals surface area contributed by atoms with Crippen molar-refractivity contribution in [2.75, 3.05) is 5.33 Å². The van der Waals surface area contributed by atoms with Gasteiger partial charge in [0.25, 0.3) is 0 Å². The number of halogens is 1. The third-order valence-electron chi connectivity index (χ3n) is 4.56. The van der Waals surface area contributed by atoms with Crippen LogP contribution < -0.4 is 0 Å². The Kier molecular flexibility index (Phi) is 16.7. The van der Waals surface area contributed by atoms with E-state index in [1.807, 2.05) is 0 Å². The highest BCUT2D eigenvalue weighted by Crippen LogP contribution is 2.22. The largest absolute Gasteiger partial charge is 0.0928 e. The first-order valence-electron chi connectivity index (χ1n) is 10.1. The second kappa shape index (κ2) is 16.3. The summed E-state index contributed by atoms with van der Waals surface area (Å²) in [7, 11) is 0. The van der Waals surface area contributed by atoms with Gasteiger partial charge in [-0.25, -0.2) is 0 Å². The van der Waals surface area contributed by atoms with Crippen molar-refractivity contribution in [2.24, 2.45) is 5.41 Å². The van der Waals surface area contributed by atoms with E-state index in [-0.39, 0.29) is 0 Å². The maximum Gasteiger partial charge on any atom is 0.00313 e. The Morgan fingerprint density at radius 2 is 0.727 bits per heavy atom. The van der Waals surface area contributed by atoms with Crippen LogP contribution in [0, 0.1) is 5.41 Å². The minimum atomic E-state index is 0.536. The fourth-order valence-corrected chi connectivity index (χ4v) is 3.44. The van der Waals surface area contributed by atoms with Gasteiger partial charge in [0.1, 0.15) is 0 Å². The maximum absolute atomic E-state index is 3.50. The molecule has 0 saturated heterocycles. The quantitative estimate of drug-likeness (QED) is 0.187. The molecule has 0 unspecified atom stereocenters. The SMILES string of the molecule is CC(C)(C)CCCCCCCCCCCCCCCCCBr. The van der Waals surface area contributed by atoms with Crippen molar-refractivity contribution >= 4 is 15.9 Å². The predicted octanol–water partition coefficient (Wildman–Crippen LogP) is 8.67. The van der Waals surface area contributed by atoms with Crippen LogP contribution in [0.2, 0.25) is 0 Å². The van der Waals surface area contributed by atoms with Crippen molar-refractivity contribution in [2.45, 2.75) is 124 Å². The van der Waals surface area contributed by atoms with Crippen molar-refractivity contribution < 1.29 is 0 Å². The van der Waals surface area contributed by atoms with E-state index in [4.69, 9.17) is 0 Å². The molecule has 0 rings (SSSR count). The zero-order valence-corrected chi connectivity index (χ0v) is 17.5. The fraction of sp³-hybridized carbons (Fsp3) is 1.00. The lowest BCUT2D eigenvalue weighted by Crippen LogP contribution is -2.03. The highest BCUT2D eigenvalue weighted by Gasteiger charge is 2.08. The van der Waals surface area contributed by atoms with Gasteiger partial charge >= 0.3 is 0 Å². The lowest BCUT2D eigenvalue weighted by Gasteiger charge is -2.17. The molecule has 134 valence electrons. The first kappa shape index (κ1) is 22.5. The van der Waals surface area contributed by atoms with Gasteiger partial charge in [0.15, 0.2) is 0 Å². The first-order chi connectivity index (χ1) is 10.6. The number of hydrogen-bond donors (Lipinski definition) is 0. The van der Waals surface area contributed by atoms with Crippen LogP contribution in [0.25, 0.3) is 0 Å². The van der Waals surface area contributed by atoms with Crippen LogP contribution in [0.15, 0.2) is 0 Å². The van der Waals surface area contributed by atoms with E-state index < -0.39 is 0 Å². The Morgan fingerprint density at radius 3 is 1.00 bits per heavy atom. The highest BCUT2D eigenvalue weighted by molar-refractivity contribution is 9.09. The van der Waals surface area contributed by atoms with Gasteiger partial charge in [-0.3, -0.25) is 0 Å². The summed E-state index contributed by atoms with van der Waals surface area (Å²) < 4.78 is 0. The number of rotatable bonds is 16. The summed E-state index contributed by atoms with van der Waals surface area (Å²) in [5.41, 5.74) is 0.536. The van der Waals surface area contributed by atoms with E-state index in [0.29, 0.717) is 5.41 Å². The van der Waals surface area contributed by atoms with Gasteiger partial charge in [0, 0.05) is 5.33 Å². The Labute approximate surface area is 150 Å². The Balaban J connectivity index is 3.00. The van der Waals surface area contributed by atoms with E-state index in [1.54, 1.807) is 0 Å². The van der Waals surface area contributed by atoms with Crippen LogP contribution in [0.3, 0.4) is 0 Å². The molecule has 0 atom stereocenters. The molecule has 0 aliphatic carbocycles.